The van der Waals surface area contributed by atoms with Crippen molar-refractivity contribution in [1.82, 2.24) is 5.32 Å². The maximum Gasteiger partial charge on any atom is 0.0199 e. The Morgan fingerprint density at radius 3 is 2.43 bits per heavy atom. The van der Waals surface area contributed by atoms with Crippen LogP contribution in [0.5, 0.6) is 0 Å². The molecular formula is C18H22BrNS. The minimum Gasteiger partial charge on any atom is -0.316 e. The van der Waals surface area contributed by atoms with Gasteiger partial charge in [-0.3, -0.25) is 0 Å². The van der Waals surface area contributed by atoms with Crippen molar-refractivity contribution in [2.45, 2.75) is 30.7 Å². The highest BCUT2D eigenvalue weighted by molar-refractivity contribution is 9.10. The molecule has 21 heavy (non-hydrogen) atoms. The zero-order valence-electron chi connectivity index (χ0n) is 12.6. The fourth-order valence-corrected chi connectivity index (χ4v) is 3.81. The van der Waals surface area contributed by atoms with Crippen molar-refractivity contribution >= 4 is 27.7 Å². The molecule has 2 aromatic rings. The lowest BCUT2D eigenvalue weighted by molar-refractivity contribution is 0.617. The van der Waals surface area contributed by atoms with Gasteiger partial charge in [0.05, 0.1) is 0 Å². The van der Waals surface area contributed by atoms with Gasteiger partial charge in [-0.2, -0.15) is 0 Å². The molecule has 112 valence electrons. The summed E-state index contributed by atoms with van der Waals surface area (Å²) in [5, 5.41) is 3.43. The Kier molecular flexibility index (Phi) is 6.81. The molecular weight excluding hydrogens is 342 g/mol. The molecule has 0 amide bonds. The molecule has 0 aliphatic carbocycles. The molecule has 2 aromatic carbocycles. The largest absolute Gasteiger partial charge is 0.316 e. The van der Waals surface area contributed by atoms with Crippen LogP contribution in [0.3, 0.4) is 0 Å². The van der Waals surface area contributed by atoms with E-state index < -0.39 is 0 Å². The average molecular weight is 364 g/mol. The summed E-state index contributed by atoms with van der Waals surface area (Å²) < 4.78 is 1.14. The first kappa shape index (κ1) is 16.6. The second kappa shape index (κ2) is 8.62. The van der Waals surface area contributed by atoms with Gasteiger partial charge >= 0.3 is 0 Å². The highest BCUT2D eigenvalue weighted by Crippen LogP contribution is 2.23. The molecule has 0 saturated carbocycles. The van der Waals surface area contributed by atoms with E-state index in [4.69, 9.17) is 0 Å². The van der Waals surface area contributed by atoms with E-state index >= 15 is 0 Å². The molecule has 0 fully saturated rings. The van der Waals surface area contributed by atoms with Gasteiger partial charge < -0.3 is 5.32 Å². The molecule has 0 radical (unpaired) electrons. The van der Waals surface area contributed by atoms with E-state index in [1.54, 1.807) is 0 Å². The van der Waals surface area contributed by atoms with Crippen LogP contribution >= 0.6 is 27.7 Å². The predicted molar refractivity (Wildman–Crippen MR) is 97.2 cm³/mol. The van der Waals surface area contributed by atoms with Crippen LogP contribution in [0.25, 0.3) is 0 Å². The highest BCUT2D eigenvalue weighted by atomic mass is 79.9. The van der Waals surface area contributed by atoms with E-state index in [1.165, 1.54) is 16.0 Å². The number of hydrogen-bond donors (Lipinski definition) is 1. The first-order chi connectivity index (χ1) is 10.2. The predicted octanol–water partition coefficient (Wildman–Crippen LogP) is 4.93. The summed E-state index contributed by atoms with van der Waals surface area (Å²) >= 11 is 5.43. The lowest BCUT2D eigenvalue weighted by atomic mass is 10.0. The minimum absolute atomic E-state index is 0.487. The summed E-state index contributed by atoms with van der Waals surface area (Å²) in [7, 11) is 2.05. The van der Waals surface area contributed by atoms with Crippen LogP contribution in [-0.2, 0) is 12.8 Å². The molecule has 3 heteroatoms. The summed E-state index contributed by atoms with van der Waals surface area (Å²) in [5.74, 6) is 1.07. The Labute approximate surface area is 140 Å². The zero-order valence-corrected chi connectivity index (χ0v) is 15.0. The highest BCUT2D eigenvalue weighted by Gasteiger charge is 2.08. The third-order valence-corrected chi connectivity index (χ3v) is 5.22. The fourth-order valence-electron chi connectivity index (χ4n) is 2.19. The second-order valence-corrected chi connectivity index (χ2v) is 7.14. The van der Waals surface area contributed by atoms with Crippen molar-refractivity contribution in [3.63, 3.8) is 0 Å². The van der Waals surface area contributed by atoms with E-state index in [9.17, 15) is 0 Å². The number of nitrogens with one attached hydrogen (secondary N) is 1. The average Bonchev–Trinajstić information content (AvgIpc) is 2.52. The number of aryl methyl sites for hydroxylation is 1. The molecule has 2 rings (SSSR count). The molecule has 0 saturated heterocycles. The number of halogens is 1. The zero-order chi connectivity index (χ0) is 15.1. The normalized spacial score (nSPS) is 12.3. The van der Waals surface area contributed by atoms with Gasteiger partial charge in [0.2, 0.25) is 0 Å². The van der Waals surface area contributed by atoms with E-state index in [0.29, 0.717) is 6.04 Å². The Morgan fingerprint density at radius 2 is 1.81 bits per heavy atom. The van der Waals surface area contributed by atoms with E-state index in [-0.39, 0.29) is 0 Å². The molecule has 1 unspecified atom stereocenters. The first-order valence-electron chi connectivity index (χ1n) is 7.34. The number of likely N-dealkylation sites (N-methyl/N-ethyl adjacent to an activating group) is 1. The SMILES string of the molecule is CCc1ccc(CC(CSc2cccc(Br)c2)NC)cc1. The second-order valence-electron chi connectivity index (χ2n) is 5.13. The van der Waals surface area contributed by atoms with Crippen molar-refractivity contribution in [3.8, 4) is 0 Å². The van der Waals surface area contributed by atoms with Crippen molar-refractivity contribution in [1.29, 1.82) is 0 Å². The molecule has 1 atom stereocenters. The van der Waals surface area contributed by atoms with Crippen LogP contribution in [0, 0.1) is 0 Å². The van der Waals surface area contributed by atoms with Crippen LogP contribution in [-0.4, -0.2) is 18.8 Å². The van der Waals surface area contributed by atoms with Gasteiger partial charge in [-0.15, -0.1) is 11.8 Å². The van der Waals surface area contributed by atoms with E-state index in [2.05, 4.69) is 76.7 Å². The minimum atomic E-state index is 0.487. The van der Waals surface area contributed by atoms with Gasteiger partial charge in [0.25, 0.3) is 0 Å². The van der Waals surface area contributed by atoms with Gasteiger partial charge in [-0.25, -0.2) is 0 Å². The fraction of sp³-hybridized carbons (Fsp3) is 0.333. The molecule has 0 heterocycles. The summed E-state index contributed by atoms with van der Waals surface area (Å²) in [5.41, 5.74) is 2.81. The van der Waals surface area contributed by atoms with Gasteiger partial charge in [-0.1, -0.05) is 53.2 Å². The lowest BCUT2D eigenvalue weighted by Gasteiger charge is -2.16. The summed E-state index contributed by atoms with van der Waals surface area (Å²) in [6.07, 6.45) is 2.18. The third kappa shape index (κ3) is 5.50. The molecule has 0 bridgehead atoms. The lowest BCUT2D eigenvalue weighted by Crippen LogP contribution is -2.30. The molecule has 0 spiro atoms. The van der Waals surface area contributed by atoms with Crippen molar-refractivity contribution in [2.75, 3.05) is 12.8 Å². The Morgan fingerprint density at radius 1 is 1.10 bits per heavy atom. The quantitative estimate of drug-likeness (QED) is 0.699. The van der Waals surface area contributed by atoms with Crippen molar-refractivity contribution in [3.05, 3.63) is 64.1 Å². The molecule has 0 aromatic heterocycles. The van der Waals surface area contributed by atoms with E-state index in [0.717, 1.165) is 23.1 Å². The third-order valence-electron chi connectivity index (χ3n) is 3.57. The van der Waals surface area contributed by atoms with Gasteiger partial charge in [0.1, 0.15) is 0 Å². The van der Waals surface area contributed by atoms with Crippen LogP contribution < -0.4 is 5.32 Å². The number of benzene rings is 2. The molecule has 1 N–H and O–H groups in total. The molecule has 1 nitrogen and oxygen atoms in total. The maximum absolute atomic E-state index is 3.52. The number of thioether (sulfide) groups is 1. The maximum atomic E-state index is 3.52. The molecule has 0 aliphatic rings. The topological polar surface area (TPSA) is 12.0 Å². The summed E-state index contributed by atoms with van der Waals surface area (Å²) in [4.78, 5) is 1.31. The van der Waals surface area contributed by atoms with E-state index in [1.807, 2.05) is 18.8 Å². The van der Waals surface area contributed by atoms with Gasteiger partial charge in [-0.05, 0) is 49.2 Å². The van der Waals surface area contributed by atoms with Crippen LogP contribution in [0.1, 0.15) is 18.1 Å². The van der Waals surface area contributed by atoms with Crippen LogP contribution in [0.4, 0.5) is 0 Å². The number of rotatable bonds is 7. The standard InChI is InChI=1S/C18H22BrNS/c1-3-14-7-9-15(10-8-14)11-17(20-2)13-21-18-6-4-5-16(19)12-18/h4-10,12,17,20H,3,11,13H2,1-2H3. The van der Waals surface area contributed by atoms with Gasteiger partial charge in [0.15, 0.2) is 0 Å². The van der Waals surface area contributed by atoms with Crippen molar-refractivity contribution < 1.29 is 0 Å². The Hall–Kier alpha value is -0.770. The summed E-state index contributed by atoms with van der Waals surface area (Å²) in [6.45, 7) is 2.19. The van der Waals surface area contributed by atoms with Gasteiger partial charge in [0, 0.05) is 21.2 Å². The monoisotopic (exact) mass is 363 g/mol. The molecule has 0 aliphatic heterocycles. The Balaban J connectivity index is 1.90. The number of hydrogen-bond acceptors (Lipinski definition) is 2. The Bertz CT molecular complexity index is 553. The van der Waals surface area contributed by atoms with Crippen molar-refractivity contribution in [2.24, 2.45) is 0 Å². The van der Waals surface area contributed by atoms with Crippen LogP contribution in [0.2, 0.25) is 0 Å². The first-order valence-corrected chi connectivity index (χ1v) is 9.12. The van der Waals surface area contributed by atoms with Crippen LogP contribution in [0.15, 0.2) is 57.9 Å². The summed E-state index contributed by atoms with van der Waals surface area (Å²) in [6, 6.07) is 18.0. The smallest absolute Gasteiger partial charge is 0.0199 e.